The first-order valence-corrected chi connectivity index (χ1v) is 10.5. The summed E-state index contributed by atoms with van der Waals surface area (Å²) in [6.45, 7) is 5.05. The van der Waals surface area contributed by atoms with E-state index in [0.29, 0.717) is 17.5 Å². The van der Waals surface area contributed by atoms with Crippen molar-refractivity contribution in [2.75, 3.05) is 12.4 Å². The Morgan fingerprint density at radius 2 is 1.77 bits per heavy atom. The lowest BCUT2D eigenvalue weighted by molar-refractivity contribution is -0.137. The molecule has 0 aliphatic heterocycles. The molecule has 1 atom stereocenters. The number of nitrogens with one attached hydrogen (secondary N) is 2. The van der Waals surface area contributed by atoms with Crippen LogP contribution in [0.4, 0.5) is 18.9 Å². The summed E-state index contributed by atoms with van der Waals surface area (Å²) >= 11 is 0. The summed E-state index contributed by atoms with van der Waals surface area (Å²) in [5.74, 6) is -0.761. The average molecular weight is 444 g/mol. The van der Waals surface area contributed by atoms with Crippen molar-refractivity contribution in [1.82, 2.24) is 4.72 Å². The molecule has 1 amide bonds. The van der Waals surface area contributed by atoms with Gasteiger partial charge in [0.1, 0.15) is 11.8 Å². The highest BCUT2D eigenvalue weighted by Crippen LogP contribution is 2.31. The zero-order valence-corrected chi connectivity index (χ0v) is 17.7. The van der Waals surface area contributed by atoms with Crippen LogP contribution >= 0.6 is 0 Å². The molecule has 0 radical (unpaired) electrons. The summed E-state index contributed by atoms with van der Waals surface area (Å²) in [6.07, 6.45) is -4.69. The Morgan fingerprint density at radius 3 is 2.33 bits per heavy atom. The van der Waals surface area contributed by atoms with Gasteiger partial charge in [-0.1, -0.05) is 26.0 Å². The van der Waals surface area contributed by atoms with Gasteiger partial charge in [-0.3, -0.25) is 4.79 Å². The number of amides is 1. The molecule has 6 nitrogen and oxygen atoms in total. The molecule has 0 saturated heterocycles. The van der Waals surface area contributed by atoms with Crippen LogP contribution in [0, 0.1) is 12.8 Å². The number of carbonyl (C=O) groups excluding carboxylic acids is 1. The lowest BCUT2D eigenvalue weighted by Gasteiger charge is -2.22. The van der Waals surface area contributed by atoms with Crippen molar-refractivity contribution < 1.29 is 31.1 Å². The fourth-order valence-corrected chi connectivity index (χ4v) is 4.09. The van der Waals surface area contributed by atoms with E-state index in [0.717, 1.165) is 23.8 Å². The topological polar surface area (TPSA) is 84.5 Å². The normalized spacial score (nSPS) is 13.2. The van der Waals surface area contributed by atoms with E-state index in [1.54, 1.807) is 32.0 Å². The van der Waals surface area contributed by atoms with E-state index in [4.69, 9.17) is 4.74 Å². The van der Waals surface area contributed by atoms with Gasteiger partial charge in [0.15, 0.2) is 0 Å². The number of hydrogen-bond acceptors (Lipinski definition) is 4. The highest BCUT2D eigenvalue weighted by Gasteiger charge is 2.33. The lowest BCUT2D eigenvalue weighted by atomic mass is 10.0. The third-order valence-electron chi connectivity index (χ3n) is 4.32. The van der Waals surface area contributed by atoms with Crippen LogP contribution in [-0.2, 0) is 21.0 Å². The summed E-state index contributed by atoms with van der Waals surface area (Å²) in [5.41, 5.74) is 0.101. The molecular weight excluding hydrogens is 421 g/mol. The molecule has 0 bridgehead atoms. The number of methoxy groups -OCH3 is 1. The van der Waals surface area contributed by atoms with Gasteiger partial charge >= 0.3 is 6.18 Å². The van der Waals surface area contributed by atoms with Crippen molar-refractivity contribution in [1.29, 1.82) is 0 Å². The highest BCUT2D eigenvalue weighted by atomic mass is 32.2. The molecule has 2 aromatic rings. The number of aryl methyl sites for hydroxylation is 1. The van der Waals surface area contributed by atoms with E-state index in [9.17, 15) is 26.4 Å². The molecule has 0 heterocycles. The molecule has 10 heteroatoms. The Hall–Kier alpha value is -2.59. The van der Waals surface area contributed by atoms with E-state index in [-0.39, 0.29) is 0 Å². The standard InChI is InChI=1S/C20H23F3N2O4S/c1-12(2)18(19(26)24-16-10-13(3)8-9-17(16)29-4)25-30(27,28)15-7-5-6-14(11-15)20(21,22)23/h5-12,18,25H,1-4H3,(H,24,26)/t18-/m0/s1. The van der Waals surface area contributed by atoms with Gasteiger partial charge in [0.05, 0.1) is 23.3 Å². The number of alkyl halides is 3. The van der Waals surface area contributed by atoms with Crippen molar-refractivity contribution in [3.63, 3.8) is 0 Å². The van der Waals surface area contributed by atoms with Crippen LogP contribution in [0.2, 0.25) is 0 Å². The van der Waals surface area contributed by atoms with Crippen LogP contribution in [0.1, 0.15) is 25.0 Å². The van der Waals surface area contributed by atoms with Crippen LogP contribution < -0.4 is 14.8 Å². The molecule has 2 N–H and O–H groups in total. The zero-order valence-electron chi connectivity index (χ0n) is 16.9. The maximum absolute atomic E-state index is 12.9. The molecule has 0 fully saturated rings. The van der Waals surface area contributed by atoms with E-state index in [1.165, 1.54) is 7.11 Å². The van der Waals surface area contributed by atoms with Crippen LogP contribution in [-0.4, -0.2) is 27.5 Å². The van der Waals surface area contributed by atoms with Crippen molar-refractivity contribution in [2.24, 2.45) is 5.92 Å². The maximum atomic E-state index is 12.9. The van der Waals surface area contributed by atoms with Crippen molar-refractivity contribution in [2.45, 2.75) is 37.9 Å². The summed E-state index contributed by atoms with van der Waals surface area (Å²) in [4.78, 5) is 12.2. The molecule has 0 aliphatic carbocycles. The average Bonchev–Trinajstić information content (AvgIpc) is 2.65. The molecule has 0 saturated carbocycles. The number of anilines is 1. The summed E-state index contributed by atoms with van der Waals surface area (Å²) < 4.78 is 71.6. The molecule has 0 spiro atoms. The summed E-state index contributed by atoms with van der Waals surface area (Å²) in [6, 6.07) is 7.21. The van der Waals surface area contributed by atoms with Crippen LogP contribution in [0.25, 0.3) is 0 Å². The Bertz CT molecular complexity index is 1020. The van der Waals surface area contributed by atoms with Crippen LogP contribution in [0.15, 0.2) is 47.4 Å². The van der Waals surface area contributed by atoms with Gasteiger partial charge in [-0.25, -0.2) is 8.42 Å². The first kappa shape index (κ1) is 23.7. The minimum atomic E-state index is -4.69. The van der Waals surface area contributed by atoms with Crippen molar-refractivity contribution in [3.05, 3.63) is 53.6 Å². The first-order valence-electron chi connectivity index (χ1n) is 9.00. The second-order valence-electron chi connectivity index (χ2n) is 7.06. The number of hydrogen-bond donors (Lipinski definition) is 2. The third-order valence-corrected chi connectivity index (χ3v) is 5.75. The molecule has 30 heavy (non-hydrogen) atoms. The second-order valence-corrected chi connectivity index (χ2v) is 8.78. The predicted molar refractivity (Wildman–Crippen MR) is 107 cm³/mol. The lowest BCUT2D eigenvalue weighted by Crippen LogP contribution is -2.47. The molecule has 0 aromatic heterocycles. The number of benzene rings is 2. The van der Waals surface area contributed by atoms with E-state index in [1.807, 2.05) is 6.92 Å². The smallest absolute Gasteiger partial charge is 0.416 e. The third kappa shape index (κ3) is 5.73. The number of halogens is 3. The van der Waals surface area contributed by atoms with Gasteiger partial charge < -0.3 is 10.1 Å². The fraction of sp³-hybridized carbons (Fsp3) is 0.350. The van der Waals surface area contributed by atoms with Gasteiger partial charge in [0, 0.05) is 0 Å². The first-order chi connectivity index (χ1) is 13.8. The molecule has 2 rings (SSSR count). The maximum Gasteiger partial charge on any atom is 0.416 e. The van der Waals surface area contributed by atoms with E-state index >= 15 is 0 Å². The Labute approximate surface area is 173 Å². The SMILES string of the molecule is COc1ccc(C)cc1NC(=O)[C@@H](NS(=O)(=O)c1cccc(C(F)(F)F)c1)C(C)C. The minimum absolute atomic E-state index is 0.353. The van der Waals surface area contributed by atoms with Crippen molar-refractivity contribution >= 4 is 21.6 Å². The number of carbonyl (C=O) groups is 1. The Balaban J connectivity index is 2.31. The van der Waals surface area contributed by atoms with E-state index < -0.39 is 44.5 Å². The Kier molecular flexibility index (Phi) is 7.14. The highest BCUT2D eigenvalue weighted by molar-refractivity contribution is 7.89. The van der Waals surface area contributed by atoms with E-state index in [2.05, 4.69) is 10.0 Å². The van der Waals surface area contributed by atoms with Gasteiger partial charge in [-0.2, -0.15) is 17.9 Å². The molecule has 0 unspecified atom stereocenters. The number of sulfonamides is 1. The molecule has 2 aromatic carbocycles. The summed E-state index contributed by atoms with van der Waals surface area (Å²) in [7, 11) is -2.96. The molecule has 164 valence electrons. The fourth-order valence-electron chi connectivity index (χ4n) is 2.70. The molecular formula is C20H23F3N2O4S. The minimum Gasteiger partial charge on any atom is -0.495 e. The number of ether oxygens (including phenoxy) is 1. The predicted octanol–water partition coefficient (Wildman–Crippen LogP) is 3.96. The van der Waals surface area contributed by atoms with Crippen LogP contribution in [0.5, 0.6) is 5.75 Å². The van der Waals surface area contributed by atoms with Gasteiger partial charge in [0.2, 0.25) is 15.9 Å². The largest absolute Gasteiger partial charge is 0.495 e. The van der Waals surface area contributed by atoms with Crippen LogP contribution in [0.3, 0.4) is 0 Å². The number of rotatable bonds is 7. The van der Waals surface area contributed by atoms with Gasteiger partial charge in [-0.05, 0) is 48.7 Å². The Morgan fingerprint density at radius 1 is 1.10 bits per heavy atom. The van der Waals surface area contributed by atoms with Gasteiger partial charge in [-0.15, -0.1) is 0 Å². The monoisotopic (exact) mass is 444 g/mol. The van der Waals surface area contributed by atoms with Gasteiger partial charge in [0.25, 0.3) is 0 Å². The summed E-state index contributed by atoms with van der Waals surface area (Å²) in [5, 5.41) is 2.62. The quantitative estimate of drug-likeness (QED) is 0.677. The van der Waals surface area contributed by atoms with Crippen molar-refractivity contribution in [3.8, 4) is 5.75 Å². The zero-order chi connectivity index (χ0) is 22.7. The molecule has 0 aliphatic rings. The second kappa shape index (κ2) is 9.05.